The van der Waals surface area contributed by atoms with E-state index in [2.05, 4.69) is 26.1 Å². The van der Waals surface area contributed by atoms with Crippen molar-refractivity contribution in [1.29, 1.82) is 5.41 Å². The summed E-state index contributed by atoms with van der Waals surface area (Å²) in [5.41, 5.74) is 20.2. The predicted molar refractivity (Wildman–Crippen MR) is 163 cm³/mol. The molecule has 0 fully saturated rings. The second-order valence-electron chi connectivity index (χ2n) is 10.6. The maximum Gasteiger partial charge on any atom is 0.249 e. The first-order chi connectivity index (χ1) is 20.6. The summed E-state index contributed by atoms with van der Waals surface area (Å²) in [4.78, 5) is 31.7. The molecule has 13 heteroatoms. The number of nitrogens with zero attached hydrogens (tertiary/aromatic N) is 2. The molecule has 0 spiro atoms. The van der Waals surface area contributed by atoms with Crippen LogP contribution in [0.3, 0.4) is 0 Å². The van der Waals surface area contributed by atoms with Crippen LogP contribution in [-0.2, 0) is 22.4 Å². The molecule has 0 saturated heterocycles. The van der Waals surface area contributed by atoms with Crippen molar-refractivity contribution in [3.8, 4) is 5.75 Å². The van der Waals surface area contributed by atoms with Gasteiger partial charge in [0.25, 0.3) is 0 Å². The van der Waals surface area contributed by atoms with Crippen molar-refractivity contribution < 1.29 is 19.2 Å². The number of aromatic hydroxyl groups is 1. The molecule has 2 amide bonds. The highest BCUT2D eigenvalue weighted by atomic mass is 16.5. The fourth-order valence-electron chi connectivity index (χ4n) is 4.88. The molecule has 43 heavy (non-hydrogen) atoms. The quantitative estimate of drug-likeness (QED) is 0.0671. The van der Waals surface area contributed by atoms with Gasteiger partial charge in [0, 0.05) is 12.8 Å². The average molecular weight is 594 g/mol. The fourth-order valence-corrected chi connectivity index (χ4v) is 4.88. The molecule has 3 rings (SSSR count). The van der Waals surface area contributed by atoms with Crippen molar-refractivity contribution in [3.63, 3.8) is 0 Å². The lowest BCUT2D eigenvalue weighted by Gasteiger charge is -2.25. The van der Waals surface area contributed by atoms with Crippen LogP contribution in [-0.4, -0.2) is 58.2 Å². The van der Waals surface area contributed by atoms with Gasteiger partial charge < -0.3 is 42.8 Å². The summed E-state index contributed by atoms with van der Waals surface area (Å²) in [5.74, 6) is -0.521. The number of amides is 2. The topological polar surface area (TPSA) is 231 Å². The molecule has 13 nitrogen and oxygen atoms in total. The van der Waals surface area contributed by atoms with Gasteiger partial charge in [-0.25, -0.2) is 0 Å². The highest BCUT2D eigenvalue weighted by Gasteiger charge is 2.30. The molecule has 1 heterocycles. The van der Waals surface area contributed by atoms with Gasteiger partial charge in [0.15, 0.2) is 11.8 Å². The smallest absolute Gasteiger partial charge is 0.249 e. The average Bonchev–Trinajstić information content (AvgIpc) is 3.42. The van der Waals surface area contributed by atoms with Gasteiger partial charge in [0.05, 0.1) is 0 Å². The molecule has 3 atom stereocenters. The van der Waals surface area contributed by atoms with Crippen LogP contribution in [0.1, 0.15) is 65.7 Å². The van der Waals surface area contributed by atoms with Crippen molar-refractivity contribution in [3.05, 3.63) is 76.4 Å². The molecular weight excluding hydrogens is 550 g/mol. The molecule has 1 aromatic heterocycles. The van der Waals surface area contributed by atoms with Gasteiger partial charge in [0.2, 0.25) is 17.7 Å². The third-order valence-corrected chi connectivity index (χ3v) is 7.07. The summed E-state index contributed by atoms with van der Waals surface area (Å²) < 4.78 is 5.59. The molecule has 232 valence electrons. The Bertz CT molecular complexity index is 1340. The standard InChI is InChI=1S/C30H43N9O4/c1-18-14-21(40)15-19(2)22(18)17-25(36-27(41)23(11-13-32)37-30(33)34)28(42)35-24(10-6-7-12-31)29-38-26(39-43-29)16-20-8-4-3-5-9-20/h3-5,8-9,14-15,23-25,40H,6-7,10-13,16-17,31-32H2,1-2H3,(H,35,42)(H,36,41)(H4,33,34,37)/t23-,24+,25+/m1/s1. The fraction of sp³-hybridized carbons (Fsp3) is 0.433. The summed E-state index contributed by atoms with van der Waals surface area (Å²) >= 11 is 0. The Morgan fingerprint density at radius 3 is 2.26 bits per heavy atom. The minimum Gasteiger partial charge on any atom is -0.508 e. The number of rotatable bonds is 16. The van der Waals surface area contributed by atoms with E-state index in [-0.39, 0.29) is 37.0 Å². The molecule has 0 saturated carbocycles. The van der Waals surface area contributed by atoms with Crippen molar-refractivity contribution in [2.75, 3.05) is 13.1 Å². The SMILES string of the molecule is Cc1cc(O)cc(C)c1C[C@H](NC(=O)[C@@H](CCN)NC(=N)N)C(=O)N[C@@H](CCCCN)c1nc(Cc2ccccc2)no1. The maximum atomic E-state index is 13.9. The Kier molecular flexibility index (Phi) is 12.5. The van der Waals surface area contributed by atoms with Gasteiger partial charge in [-0.1, -0.05) is 35.5 Å². The Hall–Kier alpha value is -4.49. The van der Waals surface area contributed by atoms with Gasteiger partial charge in [-0.15, -0.1) is 0 Å². The number of carbonyl (C=O) groups excluding carboxylic acids is 2. The summed E-state index contributed by atoms with van der Waals surface area (Å²) in [6, 6.07) is 10.4. The number of hydrogen-bond donors (Lipinski definition) is 8. The number of phenolic OH excluding ortho intramolecular Hbond substituents is 1. The van der Waals surface area contributed by atoms with Crippen LogP contribution >= 0.6 is 0 Å². The van der Waals surface area contributed by atoms with Gasteiger partial charge >= 0.3 is 0 Å². The highest BCUT2D eigenvalue weighted by molar-refractivity contribution is 5.92. The zero-order valence-electron chi connectivity index (χ0n) is 24.7. The Labute approximate surface area is 251 Å². The molecule has 0 aliphatic rings. The lowest BCUT2D eigenvalue weighted by Crippen LogP contribution is -2.56. The van der Waals surface area contributed by atoms with Gasteiger partial charge in [-0.2, -0.15) is 4.98 Å². The van der Waals surface area contributed by atoms with Crippen molar-refractivity contribution in [2.45, 2.75) is 70.5 Å². The largest absolute Gasteiger partial charge is 0.508 e. The number of phenols is 1. The first-order valence-electron chi connectivity index (χ1n) is 14.4. The summed E-state index contributed by atoms with van der Waals surface area (Å²) in [7, 11) is 0. The number of aromatic nitrogens is 2. The van der Waals surface area contributed by atoms with E-state index >= 15 is 0 Å². The molecule has 0 aliphatic heterocycles. The van der Waals surface area contributed by atoms with Crippen molar-refractivity contribution in [2.24, 2.45) is 17.2 Å². The van der Waals surface area contributed by atoms with Crippen LogP contribution in [0.2, 0.25) is 0 Å². The van der Waals surface area contributed by atoms with Crippen LogP contribution in [0.15, 0.2) is 47.0 Å². The van der Waals surface area contributed by atoms with E-state index in [1.165, 1.54) is 0 Å². The summed E-state index contributed by atoms with van der Waals surface area (Å²) in [6.45, 7) is 4.32. The van der Waals surface area contributed by atoms with Crippen LogP contribution < -0.4 is 33.2 Å². The molecule has 0 radical (unpaired) electrons. The molecule has 3 aromatic rings. The molecule has 11 N–H and O–H groups in total. The number of carbonyl (C=O) groups is 2. The zero-order chi connectivity index (χ0) is 31.4. The second-order valence-corrected chi connectivity index (χ2v) is 10.6. The van der Waals surface area contributed by atoms with E-state index in [0.29, 0.717) is 31.6 Å². The minimum absolute atomic E-state index is 0.111. The van der Waals surface area contributed by atoms with E-state index in [0.717, 1.165) is 28.7 Å². The Morgan fingerprint density at radius 1 is 0.953 bits per heavy atom. The monoisotopic (exact) mass is 593 g/mol. The molecule has 0 aliphatic carbocycles. The second kappa shape index (κ2) is 16.2. The number of nitrogens with two attached hydrogens (primary N) is 3. The van der Waals surface area contributed by atoms with E-state index in [1.807, 2.05) is 44.2 Å². The first-order valence-corrected chi connectivity index (χ1v) is 14.4. The molecule has 2 aromatic carbocycles. The molecular formula is C30H43N9O4. The minimum atomic E-state index is -1.02. The first kappa shape index (κ1) is 33.0. The van der Waals surface area contributed by atoms with Crippen molar-refractivity contribution in [1.82, 2.24) is 26.1 Å². The molecule has 0 bridgehead atoms. The van der Waals surface area contributed by atoms with Crippen LogP contribution in [0.4, 0.5) is 0 Å². The van der Waals surface area contributed by atoms with Crippen LogP contribution in [0.25, 0.3) is 0 Å². The predicted octanol–water partition coefficient (Wildman–Crippen LogP) is 1.20. The number of hydrogen-bond acceptors (Lipinski definition) is 9. The number of guanidine groups is 1. The zero-order valence-corrected chi connectivity index (χ0v) is 24.7. The van der Waals surface area contributed by atoms with Crippen LogP contribution in [0.5, 0.6) is 5.75 Å². The van der Waals surface area contributed by atoms with E-state index in [9.17, 15) is 14.7 Å². The highest BCUT2D eigenvalue weighted by Crippen LogP contribution is 2.23. The lowest BCUT2D eigenvalue weighted by atomic mass is 9.95. The summed E-state index contributed by atoms with van der Waals surface area (Å²) in [5, 5.41) is 30.2. The van der Waals surface area contributed by atoms with E-state index in [1.54, 1.807) is 12.1 Å². The number of aryl methyl sites for hydroxylation is 2. The normalized spacial score (nSPS) is 13.1. The van der Waals surface area contributed by atoms with Crippen molar-refractivity contribution >= 4 is 17.8 Å². The van der Waals surface area contributed by atoms with E-state index < -0.39 is 29.9 Å². The van der Waals surface area contributed by atoms with Crippen LogP contribution in [0, 0.1) is 19.3 Å². The summed E-state index contributed by atoms with van der Waals surface area (Å²) in [6.07, 6.45) is 2.74. The third kappa shape index (κ3) is 10.1. The van der Waals surface area contributed by atoms with E-state index in [4.69, 9.17) is 27.1 Å². The molecule has 0 unspecified atom stereocenters. The maximum absolute atomic E-state index is 13.9. The van der Waals surface area contributed by atoms with Gasteiger partial charge in [-0.05, 0) is 87.0 Å². The lowest BCUT2D eigenvalue weighted by molar-refractivity contribution is -0.130. The Morgan fingerprint density at radius 2 is 1.63 bits per heavy atom. The number of nitrogens with one attached hydrogen (secondary N) is 4. The van der Waals surface area contributed by atoms with Gasteiger partial charge in [0.1, 0.15) is 23.9 Å². The Balaban J connectivity index is 1.88. The third-order valence-electron chi connectivity index (χ3n) is 7.07. The number of benzene rings is 2. The van der Waals surface area contributed by atoms with Gasteiger partial charge in [-0.3, -0.25) is 15.0 Å². The number of unbranched alkanes of at least 4 members (excludes halogenated alkanes) is 1.